The van der Waals surface area contributed by atoms with Crippen LogP contribution >= 0.6 is 0 Å². The maximum absolute atomic E-state index is 11.8. The highest BCUT2D eigenvalue weighted by molar-refractivity contribution is 7.91. The smallest absolute Gasteiger partial charge is 0.342 e. The average Bonchev–Trinajstić information content (AvgIpc) is 2.49. The van der Waals surface area contributed by atoms with Gasteiger partial charge in [-0.1, -0.05) is 0 Å². The molecule has 0 amide bonds. The summed E-state index contributed by atoms with van der Waals surface area (Å²) < 4.78 is 27.6. The number of nitrogens with zero attached hydrogens (tertiary/aromatic N) is 2. The molecule has 0 atom stereocenters. The quantitative estimate of drug-likeness (QED) is 0.331. The summed E-state index contributed by atoms with van der Waals surface area (Å²) in [6.07, 6.45) is 0. The molecule has 1 aromatic rings. The van der Waals surface area contributed by atoms with Gasteiger partial charge in [0, 0.05) is 25.2 Å². The van der Waals surface area contributed by atoms with Crippen LogP contribution in [0.5, 0.6) is 5.75 Å². The average molecular weight is 358 g/mol. The van der Waals surface area contributed by atoms with Gasteiger partial charge in [0.1, 0.15) is 11.3 Å². The summed E-state index contributed by atoms with van der Waals surface area (Å²) in [6.45, 7) is 0.255. The normalized spacial score (nSPS) is 17.2. The standard InChI is InChI=1S/C13H14N2O8S/c16-12(8-14-3-5-24(21,22)6-4-14)23-9-1-2-11(15(19)20)10(7-9)13(17)18/h1-2,7H,3-6,8H2,(H,17,18). The monoisotopic (exact) mass is 358 g/mol. The van der Waals surface area contributed by atoms with E-state index in [1.165, 1.54) is 0 Å². The van der Waals surface area contributed by atoms with Crippen molar-refractivity contribution in [3.05, 3.63) is 33.9 Å². The summed E-state index contributed by atoms with van der Waals surface area (Å²) >= 11 is 0. The summed E-state index contributed by atoms with van der Waals surface area (Å²) in [5, 5.41) is 19.7. The predicted octanol–water partition coefficient (Wildman–Crippen LogP) is -0.0712. The van der Waals surface area contributed by atoms with E-state index in [4.69, 9.17) is 9.84 Å². The van der Waals surface area contributed by atoms with Gasteiger partial charge in [-0.15, -0.1) is 0 Å². The second-order valence-corrected chi connectivity index (χ2v) is 7.45. The molecule has 1 N–H and O–H groups in total. The second kappa shape index (κ2) is 6.93. The molecule has 0 aliphatic carbocycles. The Bertz CT molecular complexity index is 775. The lowest BCUT2D eigenvalue weighted by molar-refractivity contribution is -0.385. The molecule has 0 saturated carbocycles. The maximum atomic E-state index is 11.8. The molecule has 11 heteroatoms. The van der Waals surface area contributed by atoms with Crippen molar-refractivity contribution in [3.63, 3.8) is 0 Å². The highest BCUT2D eigenvalue weighted by atomic mass is 32.2. The van der Waals surface area contributed by atoms with Crippen LogP contribution in [0.3, 0.4) is 0 Å². The van der Waals surface area contributed by atoms with E-state index in [0.29, 0.717) is 0 Å². The Balaban J connectivity index is 2.03. The fourth-order valence-electron chi connectivity index (χ4n) is 2.16. The molecule has 0 unspecified atom stereocenters. The van der Waals surface area contributed by atoms with Gasteiger partial charge in [-0.3, -0.25) is 19.8 Å². The first-order chi connectivity index (χ1) is 11.2. The topological polar surface area (TPSA) is 144 Å². The van der Waals surface area contributed by atoms with Gasteiger partial charge >= 0.3 is 11.9 Å². The third-order valence-electron chi connectivity index (χ3n) is 3.42. The molecule has 1 aliphatic rings. The number of benzene rings is 1. The minimum atomic E-state index is -3.06. The first-order valence-corrected chi connectivity index (χ1v) is 8.65. The van der Waals surface area contributed by atoms with Crippen LogP contribution in [0.1, 0.15) is 10.4 Å². The first-order valence-electron chi connectivity index (χ1n) is 6.83. The lowest BCUT2D eigenvalue weighted by Crippen LogP contribution is -2.43. The van der Waals surface area contributed by atoms with E-state index in [2.05, 4.69) is 0 Å². The third-order valence-corrected chi connectivity index (χ3v) is 5.03. The number of carboxylic acids is 1. The number of rotatable bonds is 5. The number of nitro benzene ring substituents is 1. The van der Waals surface area contributed by atoms with Gasteiger partial charge in [0.15, 0.2) is 9.84 Å². The lowest BCUT2D eigenvalue weighted by Gasteiger charge is -2.25. The molecule has 0 aromatic heterocycles. The molecule has 1 aliphatic heterocycles. The van der Waals surface area contributed by atoms with E-state index >= 15 is 0 Å². The summed E-state index contributed by atoms with van der Waals surface area (Å²) in [6, 6.07) is 2.97. The number of ether oxygens (including phenoxy) is 1. The molecule has 1 aromatic carbocycles. The van der Waals surface area contributed by atoms with Crippen molar-refractivity contribution in [1.82, 2.24) is 4.90 Å². The Morgan fingerprint density at radius 3 is 2.46 bits per heavy atom. The zero-order valence-corrected chi connectivity index (χ0v) is 13.2. The number of hydrogen-bond donors (Lipinski definition) is 1. The highest BCUT2D eigenvalue weighted by Crippen LogP contribution is 2.24. The largest absolute Gasteiger partial charge is 0.477 e. The number of sulfone groups is 1. The number of aromatic carboxylic acids is 1. The first kappa shape index (κ1) is 17.8. The van der Waals surface area contributed by atoms with Crippen LogP contribution in [0.25, 0.3) is 0 Å². The van der Waals surface area contributed by atoms with Crippen molar-refractivity contribution >= 4 is 27.5 Å². The molecule has 2 rings (SSSR count). The van der Waals surface area contributed by atoms with Crippen LogP contribution in [-0.4, -0.2) is 66.4 Å². The van der Waals surface area contributed by atoms with E-state index in [9.17, 15) is 28.1 Å². The molecule has 1 saturated heterocycles. The molecule has 1 heterocycles. The Morgan fingerprint density at radius 1 is 1.29 bits per heavy atom. The Morgan fingerprint density at radius 2 is 1.92 bits per heavy atom. The molecule has 0 spiro atoms. The van der Waals surface area contributed by atoms with Crippen LogP contribution in [0, 0.1) is 10.1 Å². The zero-order valence-electron chi connectivity index (χ0n) is 12.4. The fourth-order valence-corrected chi connectivity index (χ4v) is 3.44. The van der Waals surface area contributed by atoms with Crippen molar-refractivity contribution in [3.8, 4) is 5.75 Å². The van der Waals surface area contributed by atoms with Gasteiger partial charge in [-0.2, -0.15) is 0 Å². The van der Waals surface area contributed by atoms with Crippen molar-refractivity contribution in [2.45, 2.75) is 0 Å². The summed E-state index contributed by atoms with van der Waals surface area (Å²) in [5.41, 5.74) is -1.20. The third kappa shape index (κ3) is 4.49. The fraction of sp³-hybridized carbons (Fsp3) is 0.385. The Labute approximate surface area is 136 Å². The number of carboxylic acid groups (broad SMARTS) is 1. The zero-order chi connectivity index (χ0) is 17.9. The summed E-state index contributed by atoms with van der Waals surface area (Å²) in [7, 11) is -3.06. The van der Waals surface area contributed by atoms with E-state index in [-0.39, 0.29) is 36.9 Å². The van der Waals surface area contributed by atoms with Gasteiger partial charge in [0.2, 0.25) is 0 Å². The Hall–Kier alpha value is -2.53. The number of hydrogen-bond acceptors (Lipinski definition) is 8. The van der Waals surface area contributed by atoms with Crippen LogP contribution < -0.4 is 4.74 Å². The van der Waals surface area contributed by atoms with Crippen molar-refractivity contribution in [1.29, 1.82) is 0 Å². The molecule has 130 valence electrons. The van der Waals surface area contributed by atoms with Crippen LogP contribution in [0.4, 0.5) is 5.69 Å². The van der Waals surface area contributed by atoms with E-state index in [1.54, 1.807) is 4.90 Å². The van der Waals surface area contributed by atoms with Crippen LogP contribution in [0.2, 0.25) is 0 Å². The van der Waals surface area contributed by atoms with Gasteiger partial charge in [-0.25, -0.2) is 13.2 Å². The molecule has 0 radical (unpaired) electrons. The van der Waals surface area contributed by atoms with Crippen molar-refractivity contribution in [2.75, 3.05) is 31.1 Å². The number of carbonyl (C=O) groups excluding carboxylic acids is 1. The number of esters is 1. The van der Waals surface area contributed by atoms with Crippen molar-refractivity contribution < 1.29 is 32.8 Å². The molecule has 24 heavy (non-hydrogen) atoms. The molecular weight excluding hydrogens is 344 g/mol. The number of carbonyl (C=O) groups is 2. The highest BCUT2D eigenvalue weighted by Gasteiger charge is 2.25. The van der Waals surface area contributed by atoms with E-state index < -0.39 is 38.0 Å². The molecular formula is C13H14N2O8S. The summed E-state index contributed by atoms with van der Waals surface area (Å²) in [4.78, 5) is 34.4. The van der Waals surface area contributed by atoms with Crippen molar-refractivity contribution in [2.24, 2.45) is 0 Å². The van der Waals surface area contributed by atoms with E-state index in [1.807, 2.05) is 0 Å². The predicted molar refractivity (Wildman–Crippen MR) is 80.8 cm³/mol. The molecule has 0 bridgehead atoms. The second-order valence-electron chi connectivity index (χ2n) is 5.14. The Kier molecular flexibility index (Phi) is 5.14. The minimum absolute atomic E-state index is 0.0407. The minimum Gasteiger partial charge on any atom is -0.477 e. The van der Waals surface area contributed by atoms with E-state index in [0.717, 1.165) is 18.2 Å². The van der Waals surface area contributed by atoms with Gasteiger partial charge < -0.3 is 9.84 Å². The molecule has 1 fully saturated rings. The lowest BCUT2D eigenvalue weighted by atomic mass is 10.1. The maximum Gasteiger partial charge on any atom is 0.342 e. The number of nitro groups is 1. The van der Waals surface area contributed by atoms with Gasteiger partial charge in [0.25, 0.3) is 5.69 Å². The van der Waals surface area contributed by atoms with Gasteiger partial charge in [0.05, 0.1) is 23.0 Å². The van der Waals surface area contributed by atoms with Crippen LogP contribution in [-0.2, 0) is 14.6 Å². The van der Waals surface area contributed by atoms with Crippen LogP contribution in [0.15, 0.2) is 18.2 Å². The van der Waals surface area contributed by atoms with Gasteiger partial charge in [-0.05, 0) is 6.07 Å². The summed E-state index contributed by atoms with van der Waals surface area (Å²) in [5.74, 6) is -2.44. The SMILES string of the molecule is O=C(CN1CCS(=O)(=O)CC1)Oc1ccc([N+](=O)[O-])c(C(=O)O)c1. The molecule has 10 nitrogen and oxygen atoms in total.